The molecule has 0 amide bonds. The maximum atomic E-state index is 5.92. The van der Waals surface area contributed by atoms with Crippen LogP contribution < -0.4 is 10.6 Å². The molecule has 2 aliphatic heterocycles. The van der Waals surface area contributed by atoms with Crippen molar-refractivity contribution in [1.29, 1.82) is 0 Å². The highest BCUT2D eigenvalue weighted by Gasteiger charge is 2.44. The first kappa shape index (κ1) is 9.90. The van der Waals surface area contributed by atoms with Crippen molar-refractivity contribution in [1.82, 2.24) is 4.98 Å². The fourth-order valence-electron chi connectivity index (χ4n) is 2.74. The second-order valence-electron chi connectivity index (χ2n) is 4.90. The highest BCUT2D eigenvalue weighted by atomic mass is 16.5. The van der Waals surface area contributed by atoms with Gasteiger partial charge in [0.15, 0.2) is 0 Å². The molecule has 2 N–H and O–H groups in total. The first-order chi connectivity index (χ1) is 7.79. The molecule has 1 aromatic heterocycles. The van der Waals surface area contributed by atoms with E-state index in [1.165, 1.54) is 12.8 Å². The Morgan fingerprint density at radius 1 is 1.31 bits per heavy atom. The van der Waals surface area contributed by atoms with E-state index in [4.69, 9.17) is 10.5 Å². The lowest BCUT2D eigenvalue weighted by atomic mass is 9.73. The van der Waals surface area contributed by atoms with Crippen molar-refractivity contribution >= 4 is 11.4 Å². The van der Waals surface area contributed by atoms with Crippen molar-refractivity contribution < 1.29 is 4.74 Å². The molecule has 4 nitrogen and oxygen atoms in total. The molecule has 0 aliphatic carbocycles. The summed E-state index contributed by atoms with van der Waals surface area (Å²) < 4.78 is 5.41. The molecule has 0 aromatic carbocycles. The van der Waals surface area contributed by atoms with Crippen LogP contribution in [0, 0.1) is 5.41 Å². The van der Waals surface area contributed by atoms with Crippen LogP contribution in [0.25, 0.3) is 0 Å². The average molecular weight is 219 g/mol. The first-order valence-corrected chi connectivity index (χ1v) is 5.81. The summed E-state index contributed by atoms with van der Waals surface area (Å²) in [5, 5.41) is 0. The SMILES string of the molecule is Nc1cnccc1N1CC2(CCOCC2)C1. The minimum Gasteiger partial charge on any atom is -0.396 e. The molecule has 0 unspecified atom stereocenters. The van der Waals surface area contributed by atoms with Crippen molar-refractivity contribution in [2.24, 2.45) is 5.41 Å². The van der Waals surface area contributed by atoms with Crippen LogP contribution in [0.1, 0.15) is 12.8 Å². The summed E-state index contributed by atoms with van der Waals surface area (Å²) in [7, 11) is 0. The zero-order valence-corrected chi connectivity index (χ0v) is 9.35. The lowest BCUT2D eigenvalue weighted by molar-refractivity contribution is -0.000147. The highest BCUT2D eigenvalue weighted by Crippen LogP contribution is 2.43. The van der Waals surface area contributed by atoms with Crippen molar-refractivity contribution in [2.45, 2.75) is 12.8 Å². The number of pyridine rings is 1. The van der Waals surface area contributed by atoms with E-state index in [0.717, 1.165) is 37.7 Å². The van der Waals surface area contributed by atoms with Crippen LogP contribution in [0.5, 0.6) is 0 Å². The van der Waals surface area contributed by atoms with Gasteiger partial charge in [0, 0.05) is 37.9 Å². The van der Waals surface area contributed by atoms with Gasteiger partial charge in [0.05, 0.1) is 17.6 Å². The zero-order valence-electron chi connectivity index (χ0n) is 9.35. The quantitative estimate of drug-likeness (QED) is 0.773. The molecule has 86 valence electrons. The molecule has 16 heavy (non-hydrogen) atoms. The number of ether oxygens (including phenoxy) is 1. The van der Waals surface area contributed by atoms with Crippen molar-refractivity contribution in [3.63, 3.8) is 0 Å². The number of nitrogens with zero attached hydrogens (tertiary/aromatic N) is 2. The van der Waals surface area contributed by atoms with Crippen LogP contribution in [-0.4, -0.2) is 31.3 Å². The minimum absolute atomic E-state index is 0.494. The predicted molar refractivity (Wildman–Crippen MR) is 63.3 cm³/mol. The van der Waals surface area contributed by atoms with Crippen LogP contribution in [0.4, 0.5) is 11.4 Å². The minimum atomic E-state index is 0.494. The number of nitrogens with two attached hydrogens (primary N) is 1. The normalized spacial score (nSPS) is 23.1. The second-order valence-corrected chi connectivity index (χ2v) is 4.90. The molecule has 0 atom stereocenters. The lowest BCUT2D eigenvalue weighted by Gasteiger charge is -2.53. The van der Waals surface area contributed by atoms with Crippen LogP contribution >= 0.6 is 0 Å². The maximum Gasteiger partial charge on any atom is 0.0738 e. The molecule has 2 fully saturated rings. The molecule has 3 rings (SSSR count). The topological polar surface area (TPSA) is 51.4 Å². The Bertz CT molecular complexity index is 380. The van der Waals surface area contributed by atoms with E-state index in [0.29, 0.717) is 5.41 Å². The van der Waals surface area contributed by atoms with Gasteiger partial charge in [0.1, 0.15) is 0 Å². The third-order valence-corrected chi connectivity index (χ3v) is 3.77. The van der Waals surface area contributed by atoms with Gasteiger partial charge in [-0.2, -0.15) is 0 Å². The summed E-state index contributed by atoms with van der Waals surface area (Å²) in [5.41, 5.74) is 8.33. The number of hydrogen-bond donors (Lipinski definition) is 1. The van der Waals surface area contributed by atoms with E-state index in [1.54, 1.807) is 12.4 Å². The van der Waals surface area contributed by atoms with Gasteiger partial charge in [-0.25, -0.2) is 0 Å². The Labute approximate surface area is 95.4 Å². The summed E-state index contributed by atoms with van der Waals surface area (Å²) in [4.78, 5) is 6.37. The average Bonchev–Trinajstić information content (AvgIpc) is 2.28. The molecule has 3 heterocycles. The van der Waals surface area contributed by atoms with Crippen LogP contribution in [0.3, 0.4) is 0 Å². The van der Waals surface area contributed by atoms with Crippen molar-refractivity contribution in [2.75, 3.05) is 36.9 Å². The van der Waals surface area contributed by atoms with Gasteiger partial charge in [-0.15, -0.1) is 0 Å². The van der Waals surface area contributed by atoms with Gasteiger partial charge in [0.25, 0.3) is 0 Å². The van der Waals surface area contributed by atoms with E-state index >= 15 is 0 Å². The molecule has 0 saturated carbocycles. The van der Waals surface area contributed by atoms with E-state index in [1.807, 2.05) is 6.07 Å². The Morgan fingerprint density at radius 3 is 2.75 bits per heavy atom. The Morgan fingerprint density at radius 2 is 2.06 bits per heavy atom. The standard InChI is InChI=1S/C12H17N3O/c13-10-7-14-4-1-11(10)15-8-12(9-15)2-5-16-6-3-12/h1,4,7H,2-3,5-6,8-9,13H2. The molecule has 2 saturated heterocycles. The number of rotatable bonds is 1. The monoisotopic (exact) mass is 219 g/mol. The Balaban J connectivity index is 1.71. The van der Waals surface area contributed by atoms with Crippen LogP contribution in [-0.2, 0) is 4.74 Å². The molecule has 0 bridgehead atoms. The van der Waals surface area contributed by atoms with E-state index < -0.39 is 0 Å². The van der Waals surface area contributed by atoms with E-state index in [9.17, 15) is 0 Å². The van der Waals surface area contributed by atoms with Gasteiger partial charge in [-0.05, 0) is 18.9 Å². The van der Waals surface area contributed by atoms with Gasteiger partial charge in [0.2, 0.25) is 0 Å². The predicted octanol–water partition coefficient (Wildman–Crippen LogP) is 1.28. The summed E-state index contributed by atoms with van der Waals surface area (Å²) in [6.45, 7) is 4.06. The third-order valence-electron chi connectivity index (χ3n) is 3.77. The second kappa shape index (κ2) is 3.63. The van der Waals surface area contributed by atoms with Crippen molar-refractivity contribution in [3.05, 3.63) is 18.5 Å². The summed E-state index contributed by atoms with van der Waals surface area (Å²) in [6, 6.07) is 2.00. The molecule has 2 aliphatic rings. The maximum absolute atomic E-state index is 5.92. The number of nitrogen functional groups attached to an aromatic ring is 1. The number of anilines is 2. The number of aromatic nitrogens is 1. The molecular weight excluding hydrogens is 202 g/mol. The third kappa shape index (κ3) is 1.53. The van der Waals surface area contributed by atoms with E-state index in [2.05, 4.69) is 9.88 Å². The van der Waals surface area contributed by atoms with Gasteiger partial charge < -0.3 is 15.4 Å². The summed E-state index contributed by atoms with van der Waals surface area (Å²) in [6.07, 6.45) is 5.91. The molecule has 4 heteroatoms. The van der Waals surface area contributed by atoms with Gasteiger partial charge in [-0.1, -0.05) is 0 Å². The van der Waals surface area contributed by atoms with Crippen LogP contribution in [0.2, 0.25) is 0 Å². The fourth-order valence-corrected chi connectivity index (χ4v) is 2.74. The fraction of sp³-hybridized carbons (Fsp3) is 0.583. The molecule has 0 radical (unpaired) electrons. The Kier molecular flexibility index (Phi) is 2.24. The molecule has 1 aromatic rings. The zero-order chi connectivity index (χ0) is 11.0. The summed E-state index contributed by atoms with van der Waals surface area (Å²) in [5.74, 6) is 0. The Hall–Kier alpha value is -1.29. The van der Waals surface area contributed by atoms with Crippen LogP contribution in [0.15, 0.2) is 18.5 Å². The van der Waals surface area contributed by atoms with Crippen molar-refractivity contribution in [3.8, 4) is 0 Å². The van der Waals surface area contributed by atoms with E-state index in [-0.39, 0.29) is 0 Å². The first-order valence-electron chi connectivity index (χ1n) is 5.81. The summed E-state index contributed by atoms with van der Waals surface area (Å²) >= 11 is 0. The smallest absolute Gasteiger partial charge is 0.0738 e. The molecular formula is C12H17N3O. The lowest BCUT2D eigenvalue weighted by Crippen LogP contribution is -2.58. The number of hydrogen-bond acceptors (Lipinski definition) is 4. The van der Waals surface area contributed by atoms with Gasteiger partial charge >= 0.3 is 0 Å². The highest BCUT2D eigenvalue weighted by molar-refractivity contribution is 5.67. The van der Waals surface area contributed by atoms with Gasteiger partial charge in [-0.3, -0.25) is 4.98 Å². The molecule has 1 spiro atoms. The largest absolute Gasteiger partial charge is 0.396 e.